The Balaban J connectivity index is 1.62. The van der Waals surface area contributed by atoms with Crippen LogP contribution in [0.4, 0.5) is 5.69 Å². The van der Waals surface area contributed by atoms with Crippen molar-refractivity contribution in [2.24, 2.45) is 0 Å². The Labute approximate surface area is 149 Å². The van der Waals surface area contributed by atoms with Crippen LogP contribution in [0.1, 0.15) is 49.5 Å². The summed E-state index contributed by atoms with van der Waals surface area (Å²) in [6.07, 6.45) is 5.59. The van der Waals surface area contributed by atoms with E-state index in [1.165, 1.54) is 18.6 Å². The fourth-order valence-electron chi connectivity index (χ4n) is 3.94. The summed E-state index contributed by atoms with van der Waals surface area (Å²) in [7, 11) is 0. The number of nitro benzene ring substituents is 1. The van der Waals surface area contributed by atoms with Crippen molar-refractivity contribution in [3.63, 3.8) is 0 Å². The molecule has 1 aliphatic heterocycles. The number of hydrogen-bond donors (Lipinski definition) is 0. The third-order valence-corrected chi connectivity index (χ3v) is 6.18. The summed E-state index contributed by atoms with van der Waals surface area (Å²) in [6, 6.07) is 6.39. The molecule has 1 saturated carbocycles. The first kappa shape index (κ1) is 16.2. The van der Waals surface area contributed by atoms with Crippen molar-refractivity contribution in [3.05, 3.63) is 44.8 Å². The average molecular weight is 358 g/mol. The normalized spacial score (nSPS) is 22.1. The summed E-state index contributed by atoms with van der Waals surface area (Å²) >= 11 is 1.54. The number of carbonyl (C=O) groups is 1. The van der Waals surface area contributed by atoms with Gasteiger partial charge in [-0.2, -0.15) is 0 Å². The lowest BCUT2D eigenvalue weighted by molar-refractivity contribution is -0.384. The summed E-state index contributed by atoms with van der Waals surface area (Å²) in [4.78, 5) is 27.1. The van der Waals surface area contributed by atoms with Gasteiger partial charge in [-0.15, -0.1) is 11.3 Å². The lowest BCUT2D eigenvalue weighted by Crippen LogP contribution is -2.36. The molecule has 7 heteroatoms. The Kier molecular flexibility index (Phi) is 4.03. The number of aromatic nitrogens is 1. The van der Waals surface area contributed by atoms with Gasteiger partial charge in [0.1, 0.15) is 10.6 Å². The number of esters is 1. The van der Waals surface area contributed by atoms with Gasteiger partial charge >= 0.3 is 5.97 Å². The van der Waals surface area contributed by atoms with Gasteiger partial charge in [-0.25, -0.2) is 4.98 Å². The maximum Gasteiger partial charge on any atom is 0.307 e. The van der Waals surface area contributed by atoms with E-state index in [-0.39, 0.29) is 23.2 Å². The SMILES string of the molecule is O=C1CC(c2nc(-c3ccc([N+](=O)[O-])cc3)cs2)C2(CCCCC2)O1. The number of non-ortho nitro benzene ring substituents is 1. The standard InChI is InChI=1S/C18H18N2O4S/c21-16-10-14(18(24-16)8-2-1-3-9-18)17-19-15(11-25-17)12-4-6-13(7-5-12)20(22)23/h4-7,11,14H,1-3,8-10H2. The van der Waals surface area contributed by atoms with Crippen LogP contribution in [-0.4, -0.2) is 21.5 Å². The van der Waals surface area contributed by atoms with E-state index in [0.717, 1.165) is 41.9 Å². The minimum atomic E-state index is -0.412. The van der Waals surface area contributed by atoms with Gasteiger partial charge in [-0.1, -0.05) is 6.42 Å². The highest BCUT2D eigenvalue weighted by molar-refractivity contribution is 7.10. The number of ether oxygens (including phenoxy) is 1. The van der Waals surface area contributed by atoms with Crippen LogP contribution in [0.2, 0.25) is 0 Å². The average Bonchev–Trinajstić information content (AvgIpc) is 3.21. The lowest BCUT2D eigenvalue weighted by atomic mass is 9.76. The molecule has 6 nitrogen and oxygen atoms in total. The Morgan fingerprint density at radius 3 is 2.60 bits per heavy atom. The number of carbonyl (C=O) groups excluding carboxylic acids is 1. The zero-order valence-electron chi connectivity index (χ0n) is 13.6. The van der Waals surface area contributed by atoms with Crippen molar-refractivity contribution in [2.45, 2.75) is 50.0 Å². The number of thiazole rings is 1. The summed E-state index contributed by atoms with van der Waals surface area (Å²) in [5.41, 5.74) is 1.33. The fourth-order valence-corrected chi connectivity index (χ4v) is 4.97. The zero-order valence-corrected chi connectivity index (χ0v) is 14.5. The van der Waals surface area contributed by atoms with Crippen LogP contribution in [0.25, 0.3) is 11.3 Å². The van der Waals surface area contributed by atoms with Crippen molar-refractivity contribution in [1.82, 2.24) is 4.98 Å². The molecule has 2 aliphatic rings. The zero-order chi connectivity index (χ0) is 17.4. The third-order valence-electron chi connectivity index (χ3n) is 5.22. The number of nitrogens with zero attached hydrogens (tertiary/aromatic N) is 2. The molecule has 1 aromatic heterocycles. The van der Waals surface area contributed by atoms with Gasteiger partial charge in [0.05, 0.1) is 23.0 Å². The molecule has 1 saturated heterocycles. The highest BCUT2D eigenvalue weighted by atomic mass is 32.1. The molecule has 0 radical (unpaired) electrons. The Bertz CT molecular complexity index is 809. The van der Waals surface area contributed by atoms with Gasteiger partial charge in [0.2, 0.25) is 0 Å². The van der Waals surface area contributed by atoms with Crippen LogP contribution in [0.3, 0.4) is 0 Å². The van der Waals surface area contributed by atoms with E-state index in [1.807, 2.05) is 5.38 Å². The van der Waals surface area contributed by atoms with Crippen molar-refractivity contribution >= 4 is 23.0 Å². The molecule has 2 heterocycles. The van der Waals surface area contributed by atoms with E-state index >= 15 is 0 Å². The van der Waals surface area contributed by atoms with Crippen LogP contribution in [0, 0.1) is 10.1 Å². The molecule has 1 aromatic carbocycles. The minimum Gasteiger partial charge on any atom is -0.458 e. The molecule has 1 spiro atoms. The molecule has 2 fully saturated rings. The van der Waals surface area contributed by atoms with Crippen molar-refractivity contribution in [2.75, 3.05) is 0 Å². The number of hydrogen-bond acceptors (Lipinski definition) is 6. The maximum absolute atomic E-state index is 12.0. The summed E-state index contributed by atoms with van der Waals surface area (Å²) in [5, 5.41) is 13.7. The molecule has 4 rings (SSSR count). The first-order valence-corrected chi connectivity index (χ1v) is 9.37. The Morgan fingerprint density at radius 1 is 1.20 bits per heavy atom. The van der Waals surface area contributed by atoms with Crippen LogP contribution >= 0.6 is 11.3 Å². The number of benzene rings is 1. The van der Waals surface area contributed by atoms with Crippen molar-refractivity contribution in [3.8, 4) is 11.3 Å². The largest absolute Gasteiger partial charge is 0.458 e. The molecule has 1 unspecified atom stereocenters. The van der Waals surface area contributed by atoms with Gasteiger partial charge in [-0.05, 0) is 37.8 Å². The molecule has 130 valence electrons. The number of nitro groups is 1. The molecule has 1 aliphatic carbocycles. The van der Waals surface area contributed by atoms with Crippen LogP contribution in [-0.2, 0) is 9.53 Å². The highest BCUT2D eigenvalue weighted by Gasteiger charge is 2.51. The molecular weight excluding hydrogens is 340 g/mol. The van der Waals surface area contributed by atoms with E-state index in [2.05, 4.69) is 0 Å². The monoisotopic (exact) mass is 358 g/mol. The van der Waals surface area contributed by atoms with Gasteiger partial charge in [0, 0.05) is 23.1 Å². The second-order valence-electron chi connectivity index (χ2n) is 6.73. The summed E-state index contributed by atoms with van der Waals surface area (Å²) < 4.78 is 5.77. The maximum atomic E-state index is 12.0. The predicted octanol–water partition coefficient (Wildman–Crippen LogP) is 4.45. The predicted molar refractivity (Wildman–Crippen MR) is 93.5 cm³/mol. The van der Waals surface area contributed by atoms with E-state index in [4.69, 9.17) is 9.72 Å². The molecule has 0 amide bonds. The summed E-state index contributed by atoms with van der Waals surface area (Å²) in [5.74, 6) is -0.101. The second-order valence-corrected chi connectivity index (χ2v) is 7.62. The van der Waals surface area contributed by atoms with Crippen LogP contribution in [0.5, 0.6) is 0 Å². The van der Waals surface area contributed by atoms with Gasteiger partial charge in [0.25, 0.3) is 5.69 Å². The molecule has 0 bridgehead atoms. The fraction of sp³-hybridized carbons (Fsp3) is 0.444. The van der Waals surface area contributed by atoms with E-state index in [0.29, 0.717) is 6.42 Å². The summed E-state index contributed by atoms with van der Waals surface area (Å²) in [6.45, 7) is 0. The third kappa shape index (κ3) is 2.93. The number of rotatable bonds is 3. The highest BCUT2D eigenvalue weighted by Crippen LogP contribution is 2.50. The van der Waals surface area contributed by atoms with Crippen molar-refractivity contribution in [1.29, 1.82) is 0 Å². The van der Waals surface area contributed by atoms with Crippen LogP contribution in [0.15, 0.2) is 29.6 Å². The van der Waals surface area contributed by atoms with E-state index < -0.39 is 4.92 Å². The molecule has 1 atom stereocenters. The molecule has 2 aromatic rings. The Hall–Kier alpha value is -2.28. The van der Waals surface area contributed by atoms with E-state index in [9.17, 15) is 14.9 Å². The van der Waals surface area contributed by atoms with E-state index in [1.54, 1.807) is 23.5 Å². The first-order chi connectivity index (χ1) is 12.1. The van der Waals surface area contributed by atoms with Crippen LogP contribution < -0.4 is 0 Å². The quantitative estimate of drug-likeness (QED) is 0.460. The molecular formula is C18H18N2O4S. The van der Waals surface area contributed by atoms with Gasteiger partial charge in [0.15, 0.2) is 0 Å². The Morgan fingerprint density at radius 2 is 1.92 bits per heavy atom. The smallest absolute Gasteiger partial charge is 0.307 e. The molecule has 0 N–H and O–H groups in total. The molecule has 25 heavy (non-hydrogen) atoms. The topological polar surface area (TPSA) is 82.3 Å². The first-order valence-electron chi connectivity index (χ1n) is 8.49. The van der Waals surface area contributed by atoms with Gasteiger partial charge in [-0.3, -0.25) is 14.9 Å². The van der Waals surface area contributed by atoms with Gasteiger partial charge < -0.3 is 4.74 Å². The second kappa shape index (κ2) is 6.22. The lowest BCUT2D eigenvalue weighted by Gasteiger charge is -2.35. The minimum absolute atomic E-state index is 0.0251. The van der Waals surface area contributed by atoms with Crippen molar-refractivity contribution < 1.29 is 14.5 Å².